The Hall–Kier alpha value is -3.78. The lowest BCUT2D eigenvalue weighted by molar-refractivity contribution is -0.150. The molecule has 0 saturated heterocycles. The van der Waals surface area contributed by atoms with Crippen LogP contribution >= 0.6 is 0 Å². The molecular formula is C72H123NO21S. The van der Waals surface area contributed by atoms with E-state index in [1.54, 1.807) is 26.2 Å². The molecule has 0 fully saturated rings. The van der Waals surface area contributed by atoms with Gasteiger partial charge in [-0.15, -0.1) is 0 Å². The number of hydrogen-bond acceptors (Lipinski definition) is 21. The molecule has 0 spiro atoms. The van der Waals surface area contributed by atoms with E-state index in [2.05, 4.69) is 25.1 Å². The summed E-state index contributed by atoms with van der Waals surface area (Å²) in [5.74, 6) is -2.93. The van der Waals surface area contributed by atoms with E-state index < -0.39 is 45.7 Å². The molecule has 0 radical (unpaired) electrons. The molecule has 2 aromatic carbocycles. The lowest BCUT2D eigenvalue weighted by Gasteiger charge is -2.27. The van der Waals surface area contributed by atoms with Crippen molar-refractivity contribution in [3.05, 3.63) is 65.7 Å². The Morgan fingerprint density at radius 1 is 0.400 bits per heavy atom. The van der Waals surface area contributed by atoms with Gasteiger partial charge in [-0.3, -0.25) is 14.1 Å². The minimum absolute atomic E-state index is 0.0206. The number of nitrogens with zero attached hydrogens (tertiary/aromatic N) is 1. The van der Waals surface area contributed by atoms with Crippen LogP contribution in [0.3, 0.4) is 0 Å². The number of rotatable bonds is 71. The molecule has 22 nitrogen and oxygen atoms in total. The Kier molecular flexibility index (Phi) is 58.5. The molecule has 0 aliphatic rings. The summed E-state index contributed by atoms with van der Waals surface area (Å²) in [5, 5.41) is 10.4. The predicted molar refractivity (Wildman–Crippen MR) is 363 cm³/mol. The van der Waals surface area contributed by atoms with E-state index >= 15 is 0 Å². The summed E-state index contributed by atoms with van der Waals surface area (Å²) in [6.07, 6.45) is 15.9. The number of benzene rings is 2. The number of nitriles is 1. The second kappa shape index (κ2) is 63.7. The summed E-state index contributed by atoms with van der Waals surface area (Å²) < 4.78 is 123. The molecule has 2 aromatic rings. The van der Waals surface area contributed by atoms with Crippen molar-refractivity contribution in [2.45, 2.75) is 159 Å². The molecule has 0 saturated carbocycles. The lowest BCUT2D eigenvalue weighted by atomic mass is 9.78. The van der Waals surface area contributed by atoms with Crippen LogP contribution in [0.1, 0.15) is 166 Å². The first kappa shape index (κ1) is 87.3. The van der Waals surface area contributed by atoms with Crippen LogP contribution in [-0.2, 0) is 95.5 Å². The zero-order valence-electron chi connectivity index (χ0n) is 58.5. The Bertz CT molecular complexity index is 2190. The van der Waals surface area contributed by atoms with Gasteiger partial charge in [0.15, 0.2) is 0 Å². The highest BCUT2D eigenvalue weighted by molar-refractivity contribution is 7.85. The number of methoxy groups -OCH3 is 1. The van der Waals surface area contributed by atoms with E-state index in [0.29, 0.717) is 118 Å². The first-order valence-electron chi connectivity index (χ1n) is 35.4. The second-order valence-corrected chi connectivity index (χ2v) is 24.9. The van der Waals surface area contributed by atoms with Crippen LogP contribution < -0.4 is 0 Å². The van der Waals surface area contributed by atoms with Crippen LogP contribution in [0.25, 0.3) is 0 Å². The summed E-state index contributed by atoms with van der Waals surface area (Å²) in [5.41, 5.74) is 1.80. The monoisotopic (exact) mass is 1370 g/mol. The largest absolute Gasteiger partial charge is 0.465 e. The van der Waals surface area contributed by atoms with Crippen molar-refractivity contribution in [3.63, 3.8) is 0 Å². The zero-order valence-corrected chi connectivity index (χ0v) is 59.3. The van der Waals surface area contributed by atoms with Gasteiger partial charge >= 0.3 is 11.9 Å². The molecule has 0 aliphatic heterocycles. The van der Waals surface area contributed by atoms with Crippen molar-refractivity contribution >= 4 is 22.1 Å². The van der Waals surface area contributed by atoms with Crippen LogP contribution in [0.15, 0.2) is 59.5 Å². The van der Waals surface area contributed by atoms with Crippen molar-refractivity contribution in [1.29, 1.82) is 5.26 Å². The molecule has 1 N–H and O–H groups in total. The zero-order chi connectivity index (χ0) is 68.6. The van der Waals surface area contributed by atoms with Gasteiger partial charge in [0.05, 0.1) is 129 Å². The van der Waals surface area contributed by atoms with Crippen molar-refractivity contribution in [2.75, 3.05) is 199 Å². The molecule has 0 aromatic heterocycles. The molecule has 5 atom stereocenters. The SMILES string of the molecule is CCCCOC(=O)C(CC(C#N)CC(CC)c1ccccc1)CC(CC(C)C(=O)OCCOCCOCCOCCOCCOCCOCCOCCOCCCCOCCCCOCCCCOCCCCOCCCCOCCCCOC)c1ccc(S(=O)(=O)O)cc1. The average molecular weight is 1370 g/mol. The van der Waals surface area contributed by atoms with Crippen LogP contribution in [0.5, 0.6) is 0 Å². The highest BCUT2D eigenvalue weighted by Gasteiger charge is 2.32. The van der Waals surface area contributed by atoms with Gasteiger partial charge in [-0.1, -0.05) is 69.7 Å². The summed E-state index contributed by atoms with van der Waals surface area (Å²) in [4.78, 5) is 26.8. The Morgan fingerprint density at radius 3 is 1.08 bits per heavy atom. The first-order chi connectivity index (χ1) is 46.5. The normalized spacial score (nSPS) is 13.3. The van der Waals surface area contributed by atoms with Gasteiger partial charge in [0.1, 0.15) is 6.61 Å². The summed E-state index contributed by atoms with van der Waals surface area (Å²) >= 11 is 0. The van der Waals surface area contributed by atoms with Gasteiger partial charge in [0.2, 0.25) is 0 Å². The minimum Gasteiger partial charge on any atom is -0.465 e. The van der Waals surface area contributed by atoms with Crippen LogP contribution in [0, 0.1) is 29.1 Å². The third kappa shape index (κ3) is 51.1. The molecule has 2 rings (SSSR count). The molecule has 0 amide bonds. The topological polar surface area (TPSA) is 260 Å². The molecule has 0 bridgehead atoms. The van der Waals surface area contributed by atoms with Crippen LogP contribution in [0.4, 0.5) is 0 Å². The maximum absolute atomic E-state index is 13.8. The Labute approximate surface area is 571 Å². The number of carbonyl (C=O) groups excluding carboxylic acids is 2. The maximum Gasteiger partial charge on any atom is 0.308 e. The molecule has 5 unspecified atom stereocenters. The number of unbranched alkanes of at least 4 members (excludes halogenated alkanes) is 7. The Morgan fingerprint density at radius 2 is 0.737 bits per heavy atom. The third-order valence-electron chi connectivity index (χ3n) is 15.5. The van der Waals surface area contributed by atoms with Crippen molar-refractivity contribution in [1.82, 2.24) is 0 Å². The first-order valence-corrected chi connectivity index (χ1v) is 36.8. The van der Waals surface area contributed by atoms with Gasteiger partial charge in [-0.2, -0.15) is 13.7 Å². The van der Waals surface area contributed by atoms with E-state index in [0.717, 1.165) is 168 Å². The molecule has 0 aliphatic carbocycles. The highest BCUT2D eigenvalue weighted by atomic mass is 32.2. The predicted octanol–water partition coefficient (Wildman–Crippen LogP) is 11.6. The van der Waals surface area contributed by atoms with E-state index in [-0.39, 0.29) is 49.9 Å². The minimum atomic E-state index is -4.46. The van der Waals surface area contributed by atoms with Gasteiger partial charge in [0.25, 0.3) is 10.1 Å². The Balaban J connectivity index is 1.38. The smallest absolute Gasteiger partial charge is 0.308 e. The van der Waals surface area contributed by atoms with E-state index in [1.165, 1.54) is 12.1 Å². The summed E-state index contributed by atoms with van der Waals surface area (Å²) in [6.45, 7) is 21.7. The maximum atomic E-state index is 13.8. The average Bonchev–Trinajstić information content (AvgIpc) is 0.900. The van der Waals surface area contributed by atoms with E-state index in [4.69, 9.17) is 75.8 Å². The fraction of sp³-hybridized carbons (Fsp3) is 0.792. The van der Waals surface area contributed by atoms with Crippen LogP contribution in [0.2, 0.25) is 0 Å². The third-order valence-corrected chi connectivity index (χ3v) is 16.4. The van der Waals surface area contributed by atoms with E-state index in [9.17, 15) is 27.8 Å². The lowest BCUT2D eigenvalue weighted by Crippen LogP contribution is -2.26. The fourth-order valence-corrected chi connectivity index (χ4v) is 10.5. The quantitative estimate of drug-likeness (QED) is 0.0366. The van der Waals surface area contributed by atoms with Gasteiger partial charge in [-0.25, -0.2) is 0 Å². The summed E-state index contributed by atoms with van der Waals surface area (Å²) in [6, 6.07) is 18.2. The second-order valence-electron chi connectivity index (χ2n) is 23.5. The number of carbonyl (C=O) groups is 2. The number of esters is 2. The van der Waals surface area contributed by atoms with E-state index in [1.807, 2.05) is 25.1 Å². The molecule has 548 valence electrons. The van der Waals surface area contributed by atoms with Gasteiger partial charge in [0, 0.05) is 92.3 Å². The standard InChI is InChI=1S/C72H123NO21S/c1-5-7-41-93-72(75)69(60-64(62-73)59-65(6-2)66-23-9-8-10-24-66)61-68(67-25-27-70(28-26-67)95(76,77)78)58-63(3)71(74)94-57-56-92-55-54-91-53-52-90-51-50-89-49-48-88-47-46-87-45-44-86-43-42-85-40-22-21-39-84-38-20-19-37-83-36-18-17-35-82-34-16-15-33-81-32-14-13-31-80-30-12-11-29-79-4/h8-10,23-28,63-65,68-69H,5-7,11-22,29-61H2,1-4H3,(H,76,77,78). The van der Waals surface area contributed by atoms with Gasteiger partial charge in [-0.05, 0) is 151 Å². The molecular weight excluding hydrogens is 1250 g/mol. The van der Waals surface area contributed by atoms with Crippen molar-refractivity contribution in [3.8, 4) is 6.07 Å². The molecule has 0 heterocycles. The number of hydrogen-bond donors (Lipinski definition) is 1. The van der Waals surface area contributed by atoms with Gasteiger partial charge < -0.3 is 75.8 Å². The van der Waals surface area contributed by atoms with Crippen molar-refractivity contribution < 1.29 is 98.3 Å². The summed E-state index contributed by atoms with van der Waals surface area (Å²) in [7, 11) is -2.73. The van der Waals surface area contributed by atoms with Crippen LogP contribution in [-0.4, -0.2) is 224 Å². The molecule has 95 heavy (non-hydrogen) atoms. The highest BCUT2D eigenvalue weighted by Crippen LogP contribution is 2.37. The molecule has 23 heteroatoms. The van der Waals surface area contributed by atoms with Crippen molar-refractivity contribution in [2.24, 2.45) is 17.8 Å². The fourth-order valence-electron chi connectivity index (χ4n) is 10.0. The number of ether oxygens (including phenoxy) is 16.